The van der Waals surface area contributed by atoms with Crippen molar-refractivity contribution in [1.29, 1.82) is 0 Å². The van der Waals surface area contributed by atoms with Gasteiger partial charge in [0.05, 0.1) is 39.6 Å². The highest BCUT2D eigenvalue weighted by Gasteiger charge is 2.36. The van der Waals surface area contributed by atoms with Gasteiger partial charge in [0.1, 0.15) is 11.9 Å². The lowest BCUT2D eigenvalue weighted by atomic mass is 9.52. The molecule has 0 bridgehead atoms. The third-order valence-electron chi connectivity index (χ3n) is 5.17. The largest absolute Gasteiger partial charge is 0.482 e. The van der Waals surface area contributed by atoms with E-state index in [4.69, 9.17) is 54.1 Å². The fraction of sp³-hybridized carbons (Fsp3) is 0.364. The van der Waals surface area contributed by atoms with Gasteiger partial charge in [-0.2, -0.15) is 5.10 Å². The van der Waals surface area contributed by atoms with Crippen molar-refractivity contribution in [3.8, 4) is 16.9 Å². The number of nitrogens with zero attached hydrogens (tertiary/aromatic N) is 3. The van der Waals surface area contributed by atoms with Gasteiger partial charge in [0, 0.05) is 40.7 Å². The number of nitrogen functional groups attached to an aromatic ring is 1. The number of ether oxygens (including phenoxy) is 2. The molecule has 0 saturated carbocycles. The molecule has 170 valence electrons. The van der Waals surface area contributed by atoms with E-state index in [1.165, 1.54) is 12.1 Å². The maximum absolute atomic E-state index is 13.9. The molecule has 0 amide bonds. The van der Waals surface area contributed by atoms with Crippen LogP contribution in [0, 0.1) is 5.82 Å². The van der Waals surface area contributed by atoms with Crippen LogP contribution in [0.5, 0.6) is 5.75 Å². The monoisotopic (exact) mass is 486 g/mol. The van der Waals surface area contributed by atoms with Crippen LogP contribution < -0.4 is 10.5 Å². The first-order chi connectivity index (χ1) is 15.7. The fourth-order valence-electron chi connectivity index (χ4n) is 3.45. The van der Waals surface area contributed by atoms with Crippen molar-refractivity contribution >= 4 is 44.7 Å². The molecule has 1 aliphatic rings. The van der Waals surface area contributed by atoms with Gasteiger partial charge in [-0.3, -0.25) is 4.68 Å². The lowest BCUT2D eigenvalue weighted by Gasteiger charge is -2.25. The quantitative estimate of drug-likeness (QED) is 0.398. The Morgan fingerprint density at radius 3 is 2.67 bits per heavy atom. The molecule has 2 unspecified atom stereocenters. The summed E-state index contributed by atoms with van der Waals surface area (Å²) >= 11 is 12.3. The van der Waals surface area contributed by atoms with Crippen LogP contribution in [0.25, 0.3) is 11.1 Å². The van der Waals surface area contributed by atoms with E-state index in [1.807, 2.05) is 13.8 Å². The van der Waals surface area contributed by atoms with Crippen LogP contribution >= 0.6 is 23.2 Å². The fourth-order valence-corrected chi connectivity index (χ4v) is 4.13. The van der Waals surface area contributed by atoms with Crippen molar-refractivity contribution in [3.63, 3.8) is 0 Å². The Morgan fingerprint density at radius 1 is 1.27 bits per heavy atom. The van der Waals surface area contributed by atoms with Gasteiger partial charge in [0.25, 0.3) is 0 Å². The highest BCUT2D eigenvalue weighted by atomic mass is 35.5. The van der Waals surface area contributed by atoms with Crippen molar-refractivity contribution < 1.29 is 13.9 Å². The first-order valence-electron chi connectivity index (χ1n) is 10.4. The van der Waals surface area contributed by atoms with Crippen LogP contribution in [0.15, 0.2) is 36.8 Å². The molecule has 4 radical (unpaired) electrons. The van der Waals surface area contributed by atoms with Gasteiger partial charge in [-0.05, 0) is 25.1 Å². The van der Waals surface area contributed by atoms with Crippen LogP contribution in [-0.2, 0) is 4.74 Å². The maximum atomic E-state index is 13.9. The number of aromatic nitrogens is 3. The number of rotatable bonds is 5. The zero-order chi connectivity index (χ0) is 24.3. The topological polar surface area (TPSA) is 75.2 Å². The second kappa shape index (κ2) is 10.4. The molecule has 1 aliphatic heterocycles. The van der Waals surface area contributed by atoms with Crippen LogP contribution in [0.3, 0.4) is 0 Å². The smallest absolute Gasteiger partial charge is 0.166 e. The molecule has 2 N–H and O–H groups in total. The highest BCUT2D eigenvalue weighted by Crippen LogP contribution is 2.40. The first-order valence-corrected chi connectivity index (χ1v) is 11.2. The number of pyridine rings is 1. The molecular weight excluding hydrogens is 464 g/mol. The van der Waals surface area contributed by atoms with Gasteiger partial charge in [0.15, 0.2) is 11.6 Å². The van der Waals surface area contributed by atoms with Crippen LogP contribution in [-0.4, -0.2) is 43.7 Å². The van der Waals surface area contributed by atoms with Crippen LogP contribution in [0.4, 0.5) is 10.2 Å². The van der Waals surface area contributed by atoms with Gasteiger partial charge in [-0.25, -0.2) is 9.37 Å². The molecule has 11 heteroatoms. The molecule has 2 atom stereocenters. The minimum atomic E-state index is -1.00. The van der Waals surface area contributed by atoms with Gasteiger partial charge >= 0.3 is 0 Å². The summed E-state index contributed by atoms with van der Waals surface area (Å²) in [6.07, 6.45) is 4.38. The Hall–Kier alpha value is -2.22. The molecule has 0 aliphatic carbocycles. The normalized spacial score (nSPS) is 17.8. The first kappa shape index (κ1) is 25.4. The third kappa shape index (κ3) is 5.31. The van der Waals surface area contributed by atoms with Gasteiger partial charge in [-0.1, -0.05) is 42.3 Å². The lowest BCUT2D eigenvalue weighted by molar-refractivity contribution is 0.183. The maximum Gasteiger partial charge on any atom is 0.166 e. The zero-order valence-electron chi connectivity index (χ0n) is 18.6. The third-order valence-corrected chi connectivity index (χ3v) is 5.89. The van der Waals surface area contributed by atoms with Crippen LogP contribution in [0.1, 0.15) is 38.5 Å². The number of nitrogens with two attached hydrogens (primary N) is 1. The SMILES string of the molecule is CC.[B]C1([B])COCC1n1cc(-c2cnc(N)c(OC(C)c3c(Cl)ccc(F)c3Cl)c2)cn1. The molecule has 3 aromatic rings. The molecule has 3 heterocycles. The van der Waals surface area contributed by atoms with E-state index in [0.29, 0.717) is 23.5 Å². The molecule has 1 aromatic carbocycles. The van der Waals surface area contributed by atoms with Crippen molar-refractivity contribution in [2.75, 3.05) is 18.9 Å². The summed E-state index contributed by atoms with van der Waals surface area (Å²) in [5.74, 6) is -0.125. The standard InChI is InChI=1S/C20H17B2Cl2FN4O2.C2H6/c1-10(17-13(23)2-3-14(25)18(17)24)31-15-4-11(5-27-19(15)26)12-6-28-29(7-12)16-8-30-9-20(16,21)22;1-2/h2-7,10,16H,8-9H2,1H3,(H2,26,27);1-2H3. The molecule has 0 spiro atoms. The van der Waals surface area contributed by atoms with Crippen molar-refractivity contribution in [2.24, 2.45) is 0 Å². The summed E-state index contributed by atoms with van der Waals surface area (Å²) in [4.78, 5) is 4.20. The van der Waals surface area contributed by atoms with Gasteiger partial charge < -0.3 is 15.2 Å². The predicted molar refractivity (Wildman–Crippen MR) is 131 cm³/mol. The Bertz CT molecular complexity index is 1130. The van der Waals surface area contributed by atoms with Crippen molar-refractivity contribution in [2.45, 2.75) is 38.1 Å². The molecule has 33 heavy (non-hydrogen) atoms. The van der Waals surface area contributed by atoms with E-state index in [9.17, 15) is 4.39 Å². The van der Waals surface area contributed by atoms with Gasteiger partial charge in [-0.15, -0.1) is 0 Å². The lowest BCUT2D eigenvalue weighted by Crippen LogP contribution is -2.26. The van der Waals surface area contributed by atoms with E-state index in [-0.39, 0.29) is 28.5 Å². The Labute approximate surface area is 205 Å². The molecule has 1 fully saturated rings. The highest BCUT2D eigenvalue weighted by molar-refractivity contribution is 6.40. The van der Waals surface area contributed by atoms with Crippen molar-refractivity contribution in [3.05, 3.63) is 58.2 Å². The number of hydrogen-bond acceptors (Lipinski definition) is 5. The summed E-state index contributed by atoms with van der Waals surface area (Å²) in [7, 11) is 12.2. The molecule has 1 saturated heterocycles. The zero-order valence-corrected chi connectivity index (χ0v) is 20.1. The summed E-state index contributed by atoms with van der Waals surface area (Å²) in [6, 6.07) is 4.04. The average Bonchev–Trinajstić information content (AvgIpc) is 3.40. The van der Waals surface area contributed by atoms with E-state index in [1.54, 1.807) is 36.3 Å². The summed E-state index contributed by atoms with van der Waals surface area (Å²) in [5, 5.41) is 3.54. The number of hydrogen-bond donors (Lipinski definition) is 1. The second-order valence-electron chi connectivity index (χ2n) is 7.48. The number of anilines is 1. The predicted octanol–water partition coefficient (Wildman–Crippen LogP) is 5.16. The molecule has 6 nitrogen and oxygen atoms in total. The van der Waals surface area contributed by atoms with Gasteiger partial charge in [0.2, 0.25) is 0 Å². The Kier molecular flexibility index (Phi) is 7.98. The van der Waals surface area contributed by atoms with E-state index < -0.39 is 17.1 Å². The minimum Gasteiger partial charge on any atom is -0.482 e. The summed E-state index contributed by atoms with van der Waals surface area (Å²) < 4.78 is 26.9. The molecular formula is C22H23B2Cl2FN4O2. The van der Waals surface area contributed by atoms with Crippen molar-refractivity contribution in [1.82, 2.24) is 14.8 Å². The Balaban J connectivity index is 0.00000149. The number of halogens is 3. The average molecular weight is 487 g/mol. The summed E-state index contributed by atoms with van der Waals surface area (Å²) in [6.45, 7) is 6.31. The van der Waals surface area contributed by atoms with E-state index >= 15 is 0 Å². The summed E-state index contributed by atoms with van der Waals surface area (Å²) in [5.41, 5.74) is 7.78. The molecule has 2 aromatic heterocycles. The Morgan fingerprint density at radius 2 is 2.00 bits per heavy atom. The molecule has 4 rings (SSSR count). The second-order valence-corrected chi connectivity index (χ2v) is 8.26. The van der Waals surface area contributed by atoms with E-state index in [2.05, 4.69) is 10.1 Å². The van der Waals surface area contributed by atoms with Crippen LogP contribution in [0.2, 0.25) is 15.3 Å². The van der Waals surface area contributed by atoms with E-state index in [0.717, 1.165) is 5.56 Å². The number of benzene rings is 1. The minimum absolute atomic E-state index is 0.102.